The average molecular weight is 307 g/mol. The Morgan fingerprint density at radius 1 is 1.25 bits per heavy atom. The van der Waals surface area contributed by atoms with Crippen molar-refractivity contribution < 1.29 is 4.74 Å². The molecule has 0 amide bonds. The van der Waals surface area contributed by atoms with Gasteiger partial charge in [0.05, 0.1) is 19.8 Å². The SMILES string of the molecule is CCCC1(CCC)C[C@@H]([C@H](Br)[Si](C)(C)C)O1. The quantitative estimate of drug-likeness (QED) is 0.508. The first kappa shape index (κ1) is 14.7. The van der Waals surface area contributed by atoms with Gasteiger partial charge < -0.3 is 4.74 Å². The van der Waals surface area contributed by atoms with Crippen molar-refractivity contribution in [1.29, 1.82) is 0 Å². The first-order chi connectivity index (χ1) is 7.34. The fourth-order valence-electron chi connectivity index (χ4n) is 2.76. The number of ether oxygens (including phenoxy) is 1. The van der Waals surface area contributed by atoms with Gasteiger partial charge in [0.2, 0.25) is 0 Å². The van der Waals surface area contributed by atoms with Gasteiger partial charge in [-0.1, -0.05) is 62.3 Å². The fourth-order valence-corrected chi connectivity index (χ4v) is 4.35. The lowest BCUT2D eigenvalue weighted by Crippen LogP contribution is -2.58. The van der Waals surface area contributed by atoms with E-state index in [0.29, 0.717) is 10.6 Å². The zero-order valence-corrected chi connectivity index (χ0v) is 14.1. The number of halogens is 1. The molecule has 1 nitrogen and oxygen atoms in total. The minimum atomic E-state index is -1.11. The summed E-state index contributed by atoms with van der Waals surface area (Å²) in [6.45, 7) is 11.8. The Kier molecular flexibility index (Phi) is 5.09. The number of rotatable bonds is 6. The van der Waals surface area contributed by atoms with Crippen LogP contribution in [0.4, 0.5) is 0 Å². The van der Waals surface area contributed by atoms with E-state index in [1.165, 1.54) is 32.1 Å². The Bertz CT molecular complexity index is 210. The molecule has 0 spiro atoms. The van der Waals surface area contributed by atoms with Gasteiger partial charge in [-0.25, -0.2) is 0 Å². The summed E-state index contributed by atoms with van der Waals surface area (Å²) in [5.74, 6) is 0. The summed E-state index contributed by atoms with van der Waals surface area (Å²) in [6, 6.07) is 0. The summed E-state index contributed by atoms with van der Waals surface area (Å²) in [5, 5.41) is 0. The lowest BCUT2D eigenvalue weighted by atomic mass is 9.82. The second-order valence-corrected chi connectivity index (χ2v) is 13.5. The smallest absolute Gasteiger partial charge is 0.0711 e. The van der Waals surface area contributed by atoms with Crippen LogP contribution in [-0.4, -0.2) is 24.2 Å². The molecule has 0 radical (unpaired) electrons. The molecule has 0 aromatic heterocycles. The Balaban J connectivity index is 2.50. The van der Waals surface area contributed by atoms with E-state index >= 15 is 0 Å². The first-order valence-electron chi connectivity index (χ1n) is 6.66. The van der Waals surface area contributed by atoms with Crippen LogP contribution in [-0.2, 0) is 4.74 Å². The van der Waals surface area contributed by atoms with Gasteiger partial charge in [0.1, 0.15) is 0 Å². The van der Waals surface area contributed by atoms with Crippen molar-refractivity contribution in [2.75, 3.05) is 0 Å². The van der Waals surface area contributed by atoms with Gasteiger partial charge in [0, 0.05) is 10.9 Å². The molecule has 0 N–H and O–H groups in total. The maximum absolute atomic E-state index is 6.28. The predicted octanol–water partition coefficient (Wildman–Crippen LogP) is 4.76. The molecule has 0 saturated carbocycles. The van der Waals surface area contributed by atoms with Crippen LogP contribution in [0.2, 0.25) is 19.6 Å². The maximum atomic E-state index is 6.28. The Morgan fingerprint density at radius 3 is 2.00 bits per heavy atom. The van der Waals surface area contributed by atoms with Crippen molar-refractivity contribution in [2.24, 2.45) is 0 Å². The molecule has 0 aromatic rings. The van der Waals surface area contributed by atoms with E-state index in [2.05, 4.69) is 49.4 Å². The van der Waals surface area contributed by atoms with Gasteiger partial charge in [-0.3, -0.25) is 0 Å². The zero-order chi connectivity index (χ0) is 12.4. The summed E-state index contributed by atoms with van der Waals surface area (Å²) in [7, 11) is -1.11. The van der Waals surface area contributed by atoms with Crippen LogP contribution in [0.3, 0.4) is 0 Å². The lowest BCUT2D eigenvalue weighted by Gasteiger charge is -2.52. The lowest BCUT2D eigenvalue weighted by molar-refractivity contribution is -0.207. The van der Waals surface area contributed by atoms with Crippen molar-refractivity contribution in [1.82, 2.24) is 0 Å². The van der Waals surface area contributed by atoms with E-state index in [-0.39, 0.29) is 5.60 Å². The van der Waals surface area contributed by atoms with Gasteiger partial charge in [0.25, 0.3) is 0 Å². The molecule has 0 aliphatic carbocycles. The van der Waals surface area contributed by atoms with Gasteiger partial charge in [-0.15, -0.1) is 0 Å². The second kappa shape index (κ2) is 5.53. The molecular formula is C13H27BrOSi. The van der Waals surface area contributed by atoms with Crippen molar-refractivity contribution in [3.8, 4) is 0 Å². The highest BCUT2D eigenvalue weighted by atomic mass is 79.9. The molecule has 1 heterocycles. The zero-order valence-electron chi connectivity index (χ0n) is 11.5. The normalized spacial score (nSPS) is 26.2. The molecule has 1 saturated heterocycles. The van der Waals surface area contributed by atoms with E-state index in [1.54, 1.807) is 0 Å². The predicted molar refractivity (Wildman–Crippen MR) is 78.1 cm³/mol. The van der Waals surface area contributed by atoms with E-state index in [9.17, 15) is 0 Å². The molecule has 16 heavy (non-hydrogen) atoms. The monoisotopic (exact) mass is 306 g/mol. The highest BCUT2D eigenvalue weighted by Crippen LogP contribution is 2.44. The Hall–Kier alpha value is 0.657. The topological polar surface area (TPSA) is 9.23 Å². The van der Waals surface area contributed by atoms with Crippen LogP contribution in [0.15, 0.2) is 0 Å². The van der Waals surface area contributed by atoms with Gasteiger partial charge in [-0.2, -0.15) is 0 Å². The molecule has 2 atom stereocenters. The summed E-state index contributed by atoms with van der Waals surface area (Å²) in [6.07, 6.45) is 6.71. The number of hydrogen-bond donors (Lipinski definition) is 0. The van der Waals surface area contributed by atoms with Gasteiger partial charge in [-0.05, 0) is 12.8 Å². The van der Waals surface area contributed by atoms with E-state index in [1.807, 2.05) is 0 Å². The highest BCUT2D eigenvalue weighted by Gasteiger charge is 2.49. The molecule has 3 heteroatoms. The van der Waals surface area contributed by atoms with E-state index in [4.69, 9.17) is 4.74 Å². The largest absolute Gasteiger partial charge is 0.371 e. The van der Waals surface area contributed by atoms with Crippen LogP contribution in [0.25, 0.3) is 0 Å². The minimum Gasteiger partial charge on any atom is -0.371 e. The standard InChI is InChI=1S/C13H27BrOSi/c1-6-8-13(9-7-2)10-11(15-13)12(14)16(3,4)5/h11-12H,6-10H2,1-5H3/t11-,12+/m0/s1. The van der Waals surface area contributed by atoms with Crippen LogP contribution < -0.4 is 0 Å². The first-order valence-corrected chi connectivity index (χ1v) is 11.2. The average Bonchev–Trinajstić information content (AvgIpc) is 2.11. The van der Waals surface area contributed by atoms with E-state index in [0.717, 1.165) is 0 Å². The number of alkyl halides is 1. The molecule has 1 fully saturated rings. The molecule has 0 aromatic carbocycles. The maximum Gasteiger partial charge on any atom is 0.0711 e. The third-order valence-corrected chi connectivity index (χ3v) is 10.3. The Labute approximate surface area is 110 Å². The summed E-state index contributed by atoms with van der Waals surface area (Å²) < 4.78 is 6.90. The van der Waals surface area contributed by atoms with E-state index < -0.39 is 8.07 Å². The molecule has 1 aliphatic rings. The van der Waals surface area contributed by atoms with Crippen molar-refractivity contribution in [3.63, 3.8) is 0 Å². The molecule has 0 unspecified atom stereocenters. The fraction of sp³-hybridized carbons (Fsp3) is 1.00. The van der Waals surface area contributed by atoms with Crippen molar-refractivity contribution >= 4 is 24.0 Å². The van der Waals surface area contributed by atoms with Crippen LogP contribution in [0, 0.1) is 0 Å². The van der Waals surface area contributed by atoms with Gasteiger partial charge in [0.15, 0.2) is 0 Å². The van der Waals surface area contributed by atoms with Gasteiger partial charge >= 0.3 is 0 Å². The van der Waals surface area contributed by atoms with Crippen molar-refractivity contribution in [3.05, 3.63) is 0 Å². The van der Waals surface area contributed by atoms with Crippen molar-refractivity contribution in [2.45, 2.75) is 81.7 Å². The molecule has 96 valence electrons. The molecule has 1 aliphatic heterocycles. The Morgan fingerprint density at radius 2 is 1.69 bits per heavy atom. The summed E-state index contributed by atoms with van der Waals surface area (Å²) in [4.78, 5) is 0. The summed E-state index contributed by atoms with van der Waals surface area (Å²) >= 11 is 3.87. The van der Waals surface area contributed by atoms with Crippen LogP contribution in [0.1, 0.15) is 46.0 Å². The third kappa shape index (κ3) is 3.33. The summed E-state index contributed by atoms with van der Waals surface area (Å²) in [5.41, 5.74) is 0.236. The van der Waals surface area contributed by atoms with Crippen LogP contribution >= 0.6 is 15.9 Å². The minimum absolute atomic E-state index is 0.236. The van der Waals surface area contributed by atoms with Crippen LogP contribution in [0.5, 0.6) is 0 Å². The number of hydrogen-bond acceptors (Lipinski definition) is 1. The highest BCUT2D eigenvalue weighted by molar-refractivity contribution is 9.10. The molecule has 0 bridgehead atoms. The third-order valence-electron chi connectivity index (χ3n) is 3.54. The molecular weight excluding hydrogens is 280 g/mol. The molecule has 1 rings (SSSR count). The second-order valence-electron chi connectivity index (χ2n) is 6.31.